The molecule has 0 fully saturated rings. The molecule has 1 amide bonds. The van der Waals surface area contributed by atoms with Crippen LogP contribution in [0, 0.1) is 6.92 Å². The highest BCUT2D eigenvalue weighted by atomic mass is 35.5. The lowest BCUT2D eigenvalue weighted by atomic mass is 10.2. The van der Waals surface area contributed by atoms with Crippen molar-refractivity contribution in [3.05, 3.63) is 45.6 Å². The lowest BCUT2D eigenvalue weighted by Crippen LogP contribution is -2.12. The average molecular weight is 270 g/mol. The first kappa shape index (κ1) is 12.0. The fraction of sp³-hybridized carbons (Fsp3) is 0.0909. The molecule has 4 nitrogen and oxygen atoms in total. The standard InChI is InChI=1S/C11H9Cl2N3O/c1-6-5-9(16-15-6)14-11(17)7-3-2-4-8(12)10(7)13/h2-5H,1H3,(H2,14,15,16,17). The minimum atomic E-state index is -0.344. The van der Waals surface area contributed by atoms with Gasteiger partial charge in [0.2, 0.25) is 0 Å². The molecular weight excluding hydrogens is 261 g/mol. The van der Waals surface area contributed by atoms with E-state index in [1.54, 1.807) is 24.3 Å². The van der Waals surface area contributed by atoms with Crippen molar-refractivity contribution in [2.24, 2.45) is 0 Å². The summed E-state index contributed by atoms with van der Waals surface area (Å²) in [5.74, 6) is 0.104. The summed E-state index contributed by atoms with van der Waals surface area (Å²) in [6, 6.07) is 6.61. The molecule has 0 atom stereocenters. The predicted octanol–water partition coefficient (Wildman–Crippen LogP) is 3.28. The van der Waals surface area contributed by atoms with Gasteiger partial charge in [-0.1, -0.05) is 29.3 Å². The van der Waals surface area contributed by atoms with Crippen molar-refractivity contribution in [1.82, 2.24) is 10.2 Å². The Balaban J connectivity index is 2.23. The molecule has 0 aliphatic carbocycles. The van der Waals surface area contributed by atoms with E-state index in [1.165, 1.54) is 0 Å². The van der Waals surface area contributed by atoms with Gasteiger partial charge in [-0.05, 0) is 19.1 Å². The second-order valence-corrected chi connectivity index (χ2v) is 4.28. The maximum absolute atomic E-state index is 11.9. The molecule has 6 heteroatoms. The Hall–Kier alpha value is -1.52. The third kappa shape index (κ3) is 2.60. The number of nitrogens with zero attached hydrogens (tertiary/aromatic N) is 1. The molecule has 88 valence electrons. The molecule has 1 heterocycles. The molecule has 0 spiro atoms. The van der Waals surface area contributed by atoms with Crippen molar-refractivity contribution in [2.45, 2.75) is 6.92 Å². The Morgan fingerprint density at radius 2 is 2.18 bits per heavy atom. The summed E-state index contributed by atoms with van der Waals surface area (Å²) in [6.07, 6.45) is 0. The Morgan fingerprint density at radius 1 is 1.41 bits per heavy atom. The van der Waals surface area contributed by atoms with Crippen molar-refractivity contribution >= 4 is 34.9 Å². The second-order valence-electron chi connectivity index (χ2n) is 3.49. The van der Waals surface area contributed by atoms with Crippen LogP contribution in [-0.4, -0.2) is 16.1 Å². The van der Waals surface area contributed by atoms with Gasteiger partial charge in [-0.3, -0.25) is 9.89 Å². The van der Waals surface area contributed by atoms with E-state index in [1.807, 2.05) is 6.92 Å². The zero-order valence-corrected chi connectivity index (χ0v) is 10.4. The SMILES string of the molecule is Cc1cc(NC(=O)c2cccc(Cl)c2Cl)n[nH]1. The van der Waals surface area contributed by atoms with Gasteiger partial charge in [0, 0.05) is 11.8 Å². The monoisotopic (exact) mass is 269 g/mol. The lowest BCUT2D eigenvalue weighted by molar-refractivity contribution is 0.102. The first-order valence-electron chi connectivity index (χ1n) is 4.85. The van der Waals surface area contributed by atoms with E-state index in [0.717, 1.165) is 5.69 Å². The zero-order valence-electron chi connectivity index (χ0n) is 8.92. The molecule has 0 aliphatic heterocycles. The number of hydrogen-bond acceptors (Lipinski definition) is 2. The summed E-state index contributed by atoms with van der Waals surface area (Å²) in [7, 11) is 0. The van der Waals surface area contributed by atoms with E-state index in [4.69, 9.17) is 23.2 Å². The molecule has 0 radical (unpaired) electrons. The lowest BCUT2D eigenvalue weighted by Gasteiger charge is -2.04. The highest BCUT2D eigenvalue weighted by molar-refractivity contribution is 6.44. The van der Waals surface area contributed by atoms with E-state index in [-0.39, 0.29) is 10.9 Å². The molecule has 17 heavy (non-hydrogen) atoms. The number of aromatic amines is 1. The van der Waals surface area contributed by atoms with Crippen LogP contribution >= 0.6 is 23.2 Å². The molecular formula is C11H9Cl2N3O. The number of benzene rings is 1. The van der Waals surface area contributed by atoms with Crippen LogP contribution in [-0.2, 0) is 0 Å². The van der Waals surface area contributed by atoms with Gasteiger partial charge in [0.25, 0.3) is 5.91 Å². The highest BCUT2D eigenvalue weighted by Gasteiger charge is 2.13. The van der Waals surface area contributed by atoms with Gasteiger partial charge >= 0.3 is 0 Å². The molecule has 1 aromatic heterocycles. The summed E-state index contributed by atoms with van der Waals surface area (Å²) in [5, 5.41) is 9.83. The van der Waals surface area contributed by atoms with Gasteiger partial charge in [0.15, 0.2) is 5.82 Å². The number of H-pyrrole nitrogens is 1. The minimum Gasteiger partial charge on any atom is -0.305 e. The van der Waals surface area contributed by atoms with Gasteiger partial charge in [-0.2, -0.15) is 5.10 Å². The van der Waals surface area contributed by atoms with E-state index < -0.39 is 0 Å². The Morgan fingerprint density at radius 3 is 2.82 bits per heavy atom. The minimum absolute atomic E-state index is 0.235. The second kappa shape index (κ2) is 4.77. The Bertz CT molecular complexity index is 566. The van der Waals surface area contributed by atoms with Crippen LogP contribution in [0.2, 0.25) is 10.0 Å². The molecule has 0 aliphatic rings. The number of amides is 1. The third-order valence-corrected chi connectivity index (χ3v) is 2.96. The number of aryl methyl sites for hydroxylation is 1. The van der Waals surface area contributed by atoms with Crippen molar-refractivity contribution in [1.29, 1.82) is 0 Å². The molecule has 2 aromatic rings. The smallest absolute Gasteiger partial charge is 0.258 e. The molecule has 1 aromatic carbocycles. The number of anilines is 1. The molecule has 0 unspecified atom stereocenters. The van der Waals surface area contributed by atoms with Crippen molar-refractivity contribution in [3.8, 4) is 0 Å². The van der Waals surface area contributed by atoms with Gasteiger partial charge in [0.1, 0.15) is 0 Å². The summed E-state index contributed by atoms with van der Waals surface area (Å²) in [5.41, 5.74) is 1.18. The van der Waals surface area contributed by atoms with Crippen LogP contribution in [0.1, 0.15) is 16.1 Å². The summed E-state index contributed by atoms with van der Waals surface area (Å²) < 4.78 is 0. The number of halogens is 2. The van der Waals surface area contributed by atoms with Crippen molar-refractivity contribution in [2.75, 3.05) is 5.32 Å². The first-order chi connectivity index (χ1) is 8.08. The number of hydrogen-bond donors (Lipinski definition) is 2. The van der Waals surface area contributed by atoms with E-state index >= 15 is 0 Å². The van der Waals surface area contributed by atoms with Crippen LogP contribution in [0.15, 0.2) is 24.3 Å². The first-order valence-corrected chi connectivity index (χ1v) is 5.61. The van der Waals surface area contributed by atoms with Crippen LogP contribution in [0.5, 0.6) is 0 Å². The van der Waals surface area contributed by atoms with Crippen LogP contribution in [0.4, 0.5) is 5.82 Å². The highest BCUT2D eigenvalue weighted by Crippen LogP contribution is 2.26. The molecule has 2 N–H and O–H groups in total. The molecule has 0 saturated heterocycles. The molecule has 0 saturated carbocycles. The third-order valence-electron chi connectivity index (χ3n) is 2.14. The number of rotatable bonds is 2. The van der Waals surface area contributed by atoms with Crippen molar-refractivity contribution in [3.63, 3.8) is 0 Å². The average Bonchev–Trinajstić information content (AvgIpc) is 2.68. The van der Waals surface area contributed by atoms with Crippen molar-refractivity contribution < 1.29 is 4.79 Å². The zero-order chi connectivity index (χ0) is 12.4. The number of nitrogens with one attached hydrogen (secondary N) is 2. The summed E-state index contributed by atoms with van der Waals surface area (Å²) >= 11 is 11.8. The largest absolute Gasteiger partial charge is 0.305 e. The fourth-order valence-electron chi connectivity index (χ4n) is 1.34. The van der Waals surface area contributed by atoms with Crippen LogP contribution in [0.25, 0.3) is 0 Å². The number of carbonyl (C=O) groups is 1. The van der Waals surface area contributed by atoms with Crippen LogP contribution in [0.3, 0.4) is 0 Å². The van der Waals surface area contributed by atoms with Gasteiger partial charge in [-0.25, -0.2) is 0 Å². The topological polar surface area (TPSA) is 57.8 Å². The van der Waals surface area contributed by atoms with E-state index in [2.05, 4.69) is 15.5 Å². The Labute approximate surface area is 108 Å². The Kier molecular flexibility index (Phi) is 3.36. The van der Waals surface area contributed by atoms with Crippen LogP contribution < -0.4 is 5.32 Å². The summed E-state index contributed by atoms with van der Waals surface area (Å²) in [6.45, 7) is 1.84. The maximum atomic E-state index is 11.9. The van der Waals surface area contributed by atoms with Gasteiger partial charge < -0.3 is 5.32 Å². The molecule has 2 rings (SSSR count). The number of aromatic nitrogens is 2. The van der Waals surface area contributed by atoms with Gasteiger partial charge in [-0.15, -0.1) is 0 Å². The number of carbonyl (C=O) groups excluding carboxylic acids is 1. The maximum Gasteiger partial charge on any atom is 0.258 e. The normalized spacial score (nSPS) is 10.3. The predicted molar refractivity (Wildman–Crippen MR) is 67.7 cm³/mol. The molecule has 0 bridgehead atoms. The van der Waals surface area contributed by atoms with E-state index in [0.29, 0.717) is 16.4 Å². The fourth-order valence-corrected chi connectivity index (χ4v) is 1.73. The van der Waals surface area contributed by atoms with Gasteiger partial charge in [0.05, 0.1) is 15.6 Å². The summed E-state index contributed by atoms with van der Waals surface area (Å²) in [4.78, 5) is 11.9. The van der Waals surface area contributed by atoms with E-state index in [9.17, 15) is 4.79 Å². The quantitative estimate of drug-likeness (QED) is 0.879.